The Morgan fingerprint density at radius 3 is 2.38 bits per heavy atom. The van der Waals surface area contributed by atoms with Crippen molar-refractivity contribution in [2.24, 2.45) is 0 Å². The summed E-state index contributed by atoms with van der Waals surface area (Å²) in [5, 5.41) is 17.8. The second-order valence-corrected chi connectivity index (χ2v) is 3.08. The molecule has 0 saturated heterocycles. The first-order valence-electron chi connectivity index (χ1n) is 5.14. The van der Waals surface area contributed by atoms with Crippen LogP contribution in [0.1, 0.15) is 33.3 Å². The third-order valence-electron chi connectivity index (χ3n) is 1.53. The third-order valence-corrected chi connectivity index (χ3v) is 1.53. The fourth-order valence-electron chi connectivity index (χ4n) is 0.977. The van der Waals surface area contributed by atoms with Crippen LogP contribution in [-0.4, -0.2) is 11.2 Å². The summed E-state index contributed by atoms with van der Waals surface area (Å²) in [5.41, 5.74) is -0.140. The van der Waals surface area contributed by atoms with E-state index in [2.05, 4.69) is 0 Å². The summed E-state index contributed by atoms with van der Waals surface area (Å²) in [7, 11) is 0. The van der Waals surface area contributed by atoms with Gasteiger partial charge in [-0.05, 0) is 13.8 Å². The van der Waals surface area contributed by atoms with E-state index in [-0.39, 0.29) is 23.2 Å². The first kappa shape index (κ1) is 14.2. The van der Waals surface area contributed by atoms with Crippen LogP contribution in [0.5, 0.6) is 11.5 Å². The Labute approximate surface area is 95.1 Å². The van der Waals surface area contributed by atoms with E-state index in [0.717, 1.165) is 6.07 Å². The lowest BCUT2D eigenvalue weighted by atomic mass is 10.2. The number of halogens is 1. The van der Waals surface area contributed by atoms with E-state index >= 15 is 0 Å². The van der Waals surface area contributed by atoms with Crippen LogP contribution in [0.2, 0.25) is 0 Å². The molecule has 1 rings (SSSR count). The number of nitrogens with zero attached hydrogens (tertiary/aromatic N) is 1. The lowest BCUT2D eigenvalue weighted by molar-refractivity contribution is 0.231. The maximum Gasteiger partial charge on any atom is 0.162 e. The summed E-state index contributed by atoms with van der Waals surface area (Å²) >= 11 is 0. The molecule has 1 aromatic carbocycles. The van der Waals surface area contributed by atoms with Gasteiger partial charge in [-0.1, -0.05) is 13.8 Å². The topological polar surface area (TPSA) is 53.2 Å². The zero-order valence-electron chi connectivity index (χ0n) is 9.91. The highest BCUT2D eigenvalue weighted by Gasteiger charge is 2.10. The predicted molar refractivity (Wildman–Crippen MR) is 59.9 cm³/mol. The summed E-state index contributed by atoms with van der Waals surface area (Å²) in [6.07, 6.45) is -0.141. The second-order valence-electron chi connectivity index (χ2n) is 3.08. The predicted octanol–water partition coefficient (Wildman–Crippen LogP) is 3.22. The molecule has 0 aliphatic rings. The second kappa shape index (κ2) is 6.67. The molecule has 0 fully saturated rings. The maximum atomic E-state index is 12.9. The van der Waals surface area contributed by atoms with Crippen LogP contribution in [0.4, 0.5) is 4.39 Å². The number of phenolic OH excluding ortho intramolecular Hbond substituents is 1. The van der Waals surface area contributed by atoms with Crippen molar-refractivity contribution in [1.29, 1.82) is 5.26 Å². The number of phenols is 1. The summed E-state index contributed by atoms with van der Waals surface area (Å²) in [6, 6.07) is 3.73. The van der Waals surface area contributed by atoms with Crippen molar-refractivity contribution in [3.05, 3.63) is 23.5 Å². The molecule has 16 heavy (non-hydrogen) atoms. The normalized spacial score (nSPS) is 9.06. The molecule has 0 heterocycles. The number of benzene rings is 1. The first-order chi connectivity index (χ1) is 7.54. The molecule has 1 aromatic rings. The van der Waals surface area contributed by atoms with Gasteiger partial charge in [-0.2, -0.15) is 5.26 Å². The van der Waals surface area contributed by atoms with Crippen molar-refractivity contribution in [3.63, 3.8) is 0 Å². The van der Waals surface area contributed by atoms with Gasteiger partial charge in [-0.25, -0.2) is 4.39 Å². The van der Waals surface area contributed by atoms with E-state index in [1.165, 1.54) is 6.07 Å². The minimum atomic E-state index is -0.749. The van der Waals surface area contributed by atoms with Gasteiger partial charge in [0.1, 0.15) is 11.9 Å². The van der Waals surface area contributed by atoms with Crippen molar-refractivity contribution in [2.75, 3.05) is 0 Å². The van der Waals surface area contributed by atoms with Gasteiger partial charge < -0.3 is 9.84 Å². The van der Waals surface area contributed by atoms with Crippen molar-refractivity contribution in [1.82, 2.24) is 0 Å². The quantitative estimate of drug-likeness (QED) is 0.840. The molecule has 0 aromatic heterocycles. The molecule has 1 N–H and O–H groups in total. The van der Waals surface area contributed by atoms with Gasteiger partial charge in [-0.3, -0.25) is 0 Å². The van der Waals surface area contributed by atoms with Crippen LogP contribution in [0.15, 0.2) is 12.1 Å². The van der Waals surface area contributed by atoms with E-state index in [1.54, 1.807) is 19.9 Å². The Bertz CT molecular complexity index is 383. The molecule has 0 unspecified atom stereocenters. The largest absolute Gasteiger partial charge is 0.504 e. The van der Waals surface area contributed by atoms with Gasteiger partial charge in [0.05, 0.1) is 11.7 Å². The summed E-state index contributed by atoms with van der Waals surface area (Å²) < 4.78 is 18.1. The van der Waals surface area contributed by atoms with Gasteiger partial charge in [0, 0.05) is 12.1 Å². The molecule has 0 aliphatic heterocycles. The van der Waals surface area contributed by atoms with Gasteiger partial charge >= 0.3 is 0 Å². The fraction of sp³-hybridized carbons (Fsp3) is 0.417. The van der Waals surface area contributed by atoms with Crippen LogP contribution >= 0.6 is 0 Å². The standard InChI is InChI=1S/C10H10FNO2.C2H6/c1-6(2)14-10-3-7(5-12)8(11)4-9(10)13;1-2/h3-4,6,13H,1-2H3;1-2H3. The van der Waals surface area contributed by atoms with Crippen molar-refractivity contribution >= 4 is 0 Å². The molecule has 4 heteroatoms. The van der Waals surface area contributed by atoms with Gasteiger partial charge in [0.25, 0.3) is 0 Å². The molecular weight excluding hydrogens is 209 g/mol. The summed E-state index contributed by atoms with van der Waals surface area (Å²) in [5.74, 6) is -0.922. The Kier molecular flexibility index (Phi) is 5.94. The Morgan fingerprint density at radius 2 is 1.94 bits per heavy atom. The molecule has 0 radical (unpaired) electrons. The van der Waals surface area contributed by atoms with Gasteiger partial charge in [0.2, 0.25) is 0 Å². The maximum absolute atomic E-state index is 12.9. The zero-order valence-corrected chi connectivity index (χ0v) is 9.91. The van der Waals surface area contributed by atoms with Crippen LogP contribution in [0.25, 0.3) is 0 Å². The van der Waals surface area contributed by atoms with E-state index in [4.69, 9.17) is 10.00 Å². The number of aromatic hydroxyl groups is 1. The number of nitriles is 1. The molecular formula is C12H16FNO2. The van der Waals surface area contributed by atoms with E-state index in [1.807, 2.05) is 13.8 Å². The zero-order chi connectivity index (χ0) is 12.7. The van der Waals surface area contributed by atoms with E-state index in [9.17, 15) is 9.50 Å². The minimum absolute atomic E-state index is 0.123. The monoisotopic (exact) mass is 225 g/mol. The summed E-state index contributed by atoms with van der Waals surface area (Å²) in [6.45, 7) is 7.55. The molecule has 0 spiro atoms. The number of ether oxygens (including phenoxy) is 1. The molecule has 0 aliphatic carbocycles. The molecule has 0 bridgehead atoms. The molecule has 88 valence electrons. The Hall–Kier alpha value is -1.76. The van der Waals surface area contributed by atoms with Crippen LogP contribution in [0.3, 0.4) is 0 Å². The molecule has 0 saturated carbocycles. The van der Waals surface area contributed by atoms with Crippen molar-refractivity contribution < 1.29 is 14.2 Å². The van der Waals surface area contributed by atoms with E-state index < -0.39 is 5.82 Å². The lowest BCUT2D eigenvalue weighted by Gasteiger charge is -2.11. The highest BCUT2D eigenvalue weighted by atomic mass is 19.1. The van der Waals surface area contributed by atoms with Crippen LogP contribution in [-0.2, 0) is 0 Å². The fourth-order valence-corrected chi connectivity index (χ4v) is 0.977. The first-order valence-corrected chi connectivity index (χ1v) is 5.14. The highest BCUT2D eigenvalue weighted by Crippen LogP contribution is 2.29. The summed E-state index contributed by atoms with van der Waals surface area (Å²) in [4.78, 5) is 0. The average Bonchev–Trinajstić information content (AvgIpc) is 2.24. The average molecular weight is 225 g/mol. The van der Waals surface area contributed by atoms with Crippen molar-refractivity contribution in [2.45, 2.75) is 33.8 Å². The van der Waals surface area contributed by atoms with Crippen molar-refractivity contribution in [3.8, 4) is 17.6 Å². The Morgan fingerprint density at radius 1 is 1.38 bits per heavy atom. The highest BCUT2D eigenvalue weighted by molar-refractivity contribution is 5.46. The lowest BCUT2D eigenvalue weighted by Crippen LogP contribution is -2.06. The van der Waals surface area contributed by atoms with Crippen LogP contribution in [0, 0.1) is 17.1 Å². The smallest absolute Gasteiger partial charge is 0.162 e. The van der Waals surface area contributed by atoms with Gasteiger partial charge in [-0.15, -0.1) is 0 Å². The molecule has 0 atom stereocenters. The minimum Gasteiger partial charge on any atom is -0.504 e. The SMILES string of the molecule is CC.CC(C)Oc1cc(C#N)c(F)cc1O. The molecule has 0 amide bonds. The molecule has 3 nitrogen and oxygen atoms in total. The number of rotatable bonds is 2. The van der Waals surface area contributed by atoms with Gasteiger partial charge in [0.15, 0.2) is 11.5 Å². The van der Waals surface area contributed by atoms with Crippen LogP contribution < -0.4 is 4.74 Å². The van der Waals surface area contributed by atoms with E-state index in [0.29, 0.717) is 0 Å². The number of hydrogen-bond acceptors (Lipinski definition) is 3. The Balaban J connectivity index is 0.00000106. The number of hydrogen-bond donors (Lipinski definition) is 1. The third kappa shape index (κ3) is 3.77.